The predicted octanol–water partition coefficient (Wildman–Crippen LogP) is 8.05. The Morgan fingerprint density at radius 1 is 0.898 bits per heavy atom. The minimum Gasteiger partial charge on any atom is -0.489 e. The highest BCUT2D eigenvalue weighted by molar-refractivity contribution is 6.42. The zero-order valence-electron chi connectivity index (χ0n) is 31.6. The van der Waals surface area contributed by atoms with Gasteiger partial charge in [-0.05, 0) is 94.8 Å². The molecule has 5 aromatic rings. The van der Waals surface area contributed by atoms with Crippen molar-refractivity contribution in [2.75, 3.05) is 5.32 Å². The van der Waals surface area contributed by atoms with Crippen LogP contribution in [0.4, 0.5) is 5.69 Å². The van der Waals surface area contributed by atoms with E-state index >= 15 is 0 Å². The number of nitriles is 1. The molecule has 0 aromatic heterocycles. The summed E-state index contributed by atoms with van der Waals surface area (Å²) >= 11 is 12.1. The number of halogens is 2. The Hall–Kier alpha value is -6.35. The molecule has 1 saturated carbocycles. The number of carboxylic acid groups (broad SMARTS) is 1. The summed E-state index contributed by atoms with van der Waals surface area (Å²) in [5.74, 6) is -1.45. The number of nitrogens with one attached hydrogen (secondary N) is 2. The number of aliphatic carboxylic acids is 1. The number of carbonyl (C=O) groups excluding carboxylic acids is 3. The summed E-state index contributed by atoms with van der Waals surface area (Å²) in [6, 6.07) is 30.3. The molecule has 3 aliphatic rings. The number of hydrogen-bond acceptors (Lipinski definition) is 7. The molecule has 3 N–H and O–H groups in total. The zero-order valence-corrected chi connectivity index (χ0v) is 33.1. The fourth-order valence-electron chi connectivity index (χ4n) is 7.57. The molecule has 13 heteroatoms. The molecule has 0 spiro atoms. The highest BCUT2D eigenvalue weighted by Crippen LogP contribution is 2.41. The Labute approximate surface area is 350 Å². The lowest BCUT2D eigenvalue weighted by Crippen LogP contribution is -2.57. The number of carboxylic acids is 1. The number of fused-ring (bicyclic) bond motifs is 2. The van der Waals surface area contributed by atoms with Crippen LogP contribution in [0.3, 0.4) is 0 Å². The van der Waals surface area contributed by atoms with Crippen molar-refractivity contribution >= 4 is 52.6 Å². The summed E-state index contributed by atoms with van der Waals surface area (Å²) in [7, 11) is 0. The van der Waals surface area contributed by atoms with Gasteiger partial charge in [0.25, 0.3) is 5.91 Å². The van der Waals surface area contributed by atoms with Crippen molar-refractivity contribution in [2.45, 2.75) is 63.4 Å². The summed E-state index contributed by atoms with van der Waals surface area (Å²) in [6.07, 6.45) is 1.60. The second kappa shape index (κ2) is 16.9. The van der Waals surface area contributed by atoms with Crippen LogP contribution in [0.25, 0.3) is 11.1 Å². The van der Waals surface area contributed by atoms with Gasteiger partial charge in [-0.3, -0.25) is 14.4 Å². The van der Waals surface area contributed by atoms with Gasteiger partial charge in [-0.15, -0.1) is 0 Å². The van der Waals surface area contributed by atoms with E-state index in [1.165, 1.54) is 0 Å². The molecule has 1 unspecified atom stereocenters. The van der Waals surface area contributed by atoms with Crippen LogP contribution in [0, 0.1) is 17.2 Å². The van der Waals surface area contributed by atoms with E-state index in [0.717, 1.165) is 47.1 Å². The molecule has 0 saturated heterocycles. The van der Waals surface area contributed by atoms with Crippen molar-refractivity contribution in [3.63, 3.8) is 0 Å². The maximum Gasteiger partial charge on any atom is 0.326 e. The molecule has 0 bridgehead atoms. The summed E-state index contributed by atoms with van der Waals surface area (Å²) in [6.45, 7) is 0.396. The second-order valence-corrected chi connectivity index (χ2v) is 15.8. The van der Waals surface area contributed by atoms with E-state index in [0.29, 0.717) is 43.9 Å². The van der Waals surface area contributed by atoms with E-state index in [1.807, 2.05) is 48.5 Å². The van der Waals surface area contributed by atoms with Gasteiger partial charge in [-0.2, -0.15) is 5.26 Å². The smallest absolute Gasteiger partial charge is 0.326 e. The molecule has 298 valence electrons. The first-order valence-corrected chi connectivity index (χ1v) is 20.0. The van der Waals surface area contributed by atoms with E-state index in [4.69, 9.17) is 37.9 Å². The average molecular weight is 830 g/mol. The van der Waals surface area contributed by atoms with Crippen LogP contribution in [0.5, 0.6) is 11.5 Å². The van der Waals surface area contributed by atoms with Crippen molar-refractivity contribution in [1.29, 1.82) is 5.26 Å². The van der Waals surface area contributed by atoms with Crippen molar-refractivity contribution in [3.8, 4) is 28.7 Å². The van der Waals surface area contributed by atoms with E-state index in [-0.39, 0.29) is 43.7 Å². The monoisotopic (exact) mass is 828 g/mol. The molecule has 11 nitrogen and oxygen atoms in total. The van der Waals surface area contributed by atoms with Gasteiger partial charge in [0.1, 0.15) is 30.2 Å². The lowest BCUT2D eigenvalue weighted by atomic mass is 9.82. The van der Waals surface area contributed by atoms with Crippen LogP contribution in [0.2, 0.25) is 10.0 Å². The van der Waals surface area contributed by atoms with Crippen molar-refractivity contribution in [1.82, 2.24) is 10.2 Å². The Balaban J connectivity index is 0.964. The van der Waals surface area contributed by atoms with Gasteiger partial charge < -0.3 is 30.1 Å². The van der Waals surface area contributed by atoms with Gasteiger partial charge in [0, 0.05) is 30.9 Å². The first kappa shape index (κ1) is 39.5. The molecule has 1 aliphatic carbocycles. The van der Waals surface area contributed by atoms with Crippen molar-refractivity contribution in [2.24, 2.45) is 5.92 Å². The Kier molecular flexibility index (Phi) is 11.3. The van der Waals surface area contributed by atoms with E-state index in [9.17, 15) is 24.3 Å². The number of anilines is 1. The molecule has 0 radical (unpaired) electrons. The van der Waals surface area contributed by atoms with Gasteiger partial charge in [0.2, 0.25) is 17.9 Å². The van der Waals surface area contributed by atoms with Crippen LogP contribution < -0.4 is 20.1 Å². The third kappa shape index (κ3) is 8.60. The maximum atomic E-state index is 14.0. The third-order valence-electron chi connectivity index (χ3n) is 11.1. The van der Waals surface area contributed by atoms with E-state index in [2.05, 4.69) is 16.7 Å². The molecular formula is C46H38Cl2N4O7. The van der Waals surface area contributed by atoms with Crippen LogP contribution in [-0.2, 0) is 45.2 Å². The Bertz CT molecular complexity index is 2480. The fourth-order valence-corrected chi connectivity index (χ4v) is 7.89. The van der Waals surface area contributed by atoms with Crippen LogP contribution in [-0.4, -0.2) is 45.8 Å². The van der Waals surface area contributed by atoms with Gasteiger partial charge in [-0.1, -0.05) is 84.2 Å². The highest BCUT2D eigenvalue weighted by atomic mass is 35.5. The van der Waals surface area contributed by atoms with Crippen LogP contribution in [0.15, 0.2) is 103 Å². The first-order chi connectivity index (χ1) is 28.5. The van der Waals surface area contributed by atoms with E-state index < -0.39 is 30.1 Å². The lowest BCUT2D eigenvalue weighted by molar-refractivity contribution is -0.148. The normalized spacial score (nSPS) is 17.5. The molecule has 5 aromatic carbocycles. The van der Waals surface area contributed by atoms with Crippen molar-refractivity contribution in [3.05, 3.63) is 147 Å². The van der Waals surface area contributed by atoms with Gasteiger partial charge >= 0.3 is 5.97 Å². The van der Waals surface area contributed by atoms with Gasteiger partial charge in [0.15, 0.2) is 0 Å². The van der Waals surface area contributed by atoms with Gasteiger partial charge in [0.05, 0.1) is 27.4 Å². The van der Waals surface area contributed by atoms with Crippen LogP contribution in [0.1, 0.15) is 58.7 Å². The van der Waals surface area contributed by atoms with Crippen LogP contribution >= 0.6 is 23.2 Å². The molecule has 8 rings (SSSR count). The Morgan fingerprint density at radius 2 is 1.59 bits per heavy atom. The predicted molar refractivity (Wildman–Crippen MR) is 221 cm³/mol. The number of benzene rings is 5. The minimum atomic E-state index is -1.25. The third-order valence-corrected chi connectivity index (χ3v) is 11.9. The van der Waals surface area contributed by atoms with E-state index in [1.54, 1.807) is 59.5 Å². The first-order valence-electron chi connectivity index (χ1n) is 19.3. The standard InChI is InChI=1S/C46H38Cl2N4O7/c47-36-17-8-28(18-37(36)48)25-58-35-15-13-31(14-16-35)42-44(54)50-38-20-33-21-40(52(45(55)32-2-1-3-32)24-34(33)22-41(38)59-42)43(53)51-39(46(56)57)19-26-4-9-29(10-5-26)30-11-6-27(23-49)7-12-30/h4-18,20,22,32,39-40,42H,1-3,19,21,24-25H2,(H,50,54)(H,51,53)(H,56,57)/t39-,40-,42?/m0/s1. The summed E-state index contributed by atoms with van der Waals surface area (Å²) < 4.78 is 12.2. The minimum absolute atomic E-state index is 0.0289. The SMILES string of the molecule is N#Cc1ccc(-c2ccc(C[C@H](NC(=O)[C@@H]3Cc4cc5c(cc4CN3C(=O)C3CCC3)OC(c3ccc(OCc4ccc(Cl)c(Cl)c4)cc3)C(=O)N5)C(=O)O)cc2)cc1. The topological polar surface area (TPSA) is 158 Å². The number of rotatable bonds is 11. The maximum absolute atomic E-state index is 14.0. The van der Waals surface area contributed by atoms with Crippen molar-refractivity contribution < 1.29 is 33.8 Å². The zero-order chi connectivity index (χ0) is 41.2. The number of amides is 3. The molecule has 2 aliphatic heterocycles. The molecule has 59 heavy (non-hydrogen) atoms. The Morgan fingerprint density at radius 3 is 2.24 bits per heavy atom. The molecule has 3 atom stereocenters. The lowest BCUT2D eigenvalue weighted by Gasteiger charge is -2.40. The highest BCUT2D eigenvalue weighted by Gasteiger charge is 2.41. The molecule has 2 heterocycles. The molecule has 1 fully saturated rings. The number of hydrogen-bond donors (Lipinski definition) is 3. The number of nitrogens with zero attached hydrogens (tertiary/aromatic N) is 2. The summed E-state index contributed by atoms with van der Waals surface area (Å²) in [4.78, 5) is 55.4. The summed E-state index contributed by atoms with van der Waals surface area (Å²) in [5, 5.41) is 25.9. The number of ether oxygens (including phenoxy) is 2. The van der Waals surface area contributed by atoms with Gasteiger partial charge in [-0.25, -0.2) is 4.79 Å². The summed E-state index contributed by atoms with van der Waals surface area (Å²) in [5.41, 5.74) is 6.50. The molecular weight excluding hydrogens is 791 g/mol. The fraction of sp³-hybridized carbons (Fsp3) is 0.239. The average Bonchev–Trinajstić information content (AvgIpc) is 3.22. The largest absolute Gasteiger partial charge is 0.489 e. The quantitative estimate of drug-likeness (QED) is 0.121. The second-order valence-electron chi connectivity index (χ2n) is 15.0. The molecule has 3 amide bonds. The number of carbonyl (C=O) groups is 4.